The summed E-state index contributed by atoms with van der Waals surface area (Å²) in [6, 6.07) is 10.9. The van der Waals surface area contributed by atoms with Gasteiger partial charge in [0.05, 0.1) is 12.7 Å². The molecule has 2 aromatic rings. The van der Waals surface area contributed by atoms with Crippen LogP contribution < -0.4 is 20.3 Å². The number of nitrogens with one attached hydrogen (secondary N) is 2. The summed E-state index contributed by atoms with van der Waals surface area (Å²) in [4.78, 5) is 24.2. The van der Waals surface area contributed by atoms with Gasteiger partial charge >= 0.3 is 0 Å². The van der Waals surface area contributed by atoms with Crippen LogP contribution in [0.4, 0.5) is 4.39 Å². The van der Waals surface area contributed by atoms with Gasteiger partial charge in [-0.2, -0.15) is 0 Å². The first kappa shape index (κ1) is 18.3. The number of halogens is 1. The molecule has 0 aliphatic heterocycles. The smallest absolute Gasteiger partial charge is 0.279 e. The lowest BCUT2D eigenvalue weighted by molar-refractivity contribution is -0.128. The Bertz CT molecular complexity index is 779. The maximum atomic E-state index is 13.5. The predicted octanol–water partition coefficient (Wildman–Crippen LogP) is 2.37. The first-order chi connectivity index (χ1) is 11.9. The molecule has 2 amide bonds. The second kappa shape index (κ2) is 8.14. The maximum Gasteiger partial charge on any atom is 0.279 e. The van der Waals surface area contributed by atoms with Gasteiger partial charge in [0.1, 0.15) is 5.75 Å². The van der Waals surface area contributed by atoms with Crippen LogP contribution in [0.25, 0.3) is 0 Å². The lowest BCUT2D eigenvalue weighted by Gasteiger charge is -2.16. The van der Waals surface area contributed by atoms with Crippen LogP contribution in [0.5, 0.6) is 11.5 Å². The predicted molar refractivity (Wildman–Crippen MR) is 89.8 cm³/mol. The number of hydrogen-bond donors (Lipinski definition) is 2. The van der Waals surface area contributed by atoms with E-state index in [1.54, 1.807) is 24.3 Å². The molecule has 0 fully saturated rings. The van der Waals surface area contributed by atoms with Gasteiger partial charge in [-0.1, -0.05) is 23.8 Å². The Labute approximate surface area is 144 Å². The highest BCUT2D eigenvalue weighted by Gasteiger charge is 2.18. The van der Waals surface area contributed by atoms with E-state index in [1.807, 2.05) is 6.92 Å². The second-order valence-electron chi connectivity index (χ2n) is 5.34. The van der Waals surface area contributed by atoms with Crippen LogP contribution in [0.3, 0.4) is 0 Å². The molecule has 0 saturated heterocycles. The Kier molecular flexibility index (Phi) is 5.94. The summed E-state index contributed by atoms with van der Waals surface area (Å²) in [7, 11) is 1.45. The minimum atomic E-state index is -1.00. The van der Waals surface area contributed by atoms with Crippen molar-refractivity contribution < 1.29 is 23.5 Å². The minimum Gasteiger partial charge on any atom is -0.496 e. The molecule has 25 heavy (non-hydrogen) atoms. The molecule has 0 aliphatic rings. The second-order valence-corrected chi connectivity index (χ2v) is 5.34. The van der Waals surface area contributed by atoms with Crippen molar-refractivity contribution in [2.24, 2.45) is 0 Å². The van der Waals surface area contributed by atoms with Crippen molar-refractivity contribution in [3.05, 3.63) is 59.4 Å². The highest BCUT2D eigenvalue weighted by Crippen LogP contribution is 2.19. The van der Waals surface area contributed by atoms with Crippen molar-refractivity contribution in [1.29, 1.82) is 0 Å². The third kappa shape index (κ3) is 4.69. The van der Waals surface area contributed by atoms with Crippen LogP contribution in [0.2, 0.25) is 0 Å². The molecule has 2 aromatic carbocycles. The fraction of sp³-hybridized carbons (Fsp3) is 0.222. The molecule has 7 heteroatoms. The number of hydrogen-bond acceptors (Lipinski definition) is 4. The van der Waals surface area contributed by atoms with Crippen LogP contribution in [-0.2, 0) is 4.79 Å². The third-order valence-corrected chi connectivity index (χ3v) is 3.41. The highest BCUT2D eigenvalue weighted by atomic mass is 19.1. The highest BCUT2D eigenvalue weighted by molar-refractivity contribution is 5.98. The van der Waals surface area contributed by atoms with Gasteiger partial charge in [-0.25, -0.2) is 4.39 Å². The number of ether oxygens (including phenoxy) is 2. The summed E-state index contributed by atoms with van der Waals surface area (Å²) in [6.07, 6.45) is -1.00. The first-order valence-corrected chi connectivity index (χ1v) is 7.58. The number of aryl methyl sites for hydroxylation is 1. The maximum absolute atomic E-state index is 13.5. The van der Waals surface area contributed by atoms with Crippen LogP contribution in [0.15, 0.2) is 42.5 Å². The summed E-state index contributed by atoms with van der Waals surface area (Å²) in [5.41, 5.74) is 5.69. The van der Waals surface area contributed by atoms with Crippen molar-refractivity contribution in [2.75, 3.05) is 7.11 Å². The molecule has 0 aromatic heterocycles. The van der Waals surface area contributed by atoms with Gasteiger partial charge in [0, 0.05) is 0 Å². The number of rotatable bonds is 5. The van der Waals surface area contributed by atoms with Gasteiger partial charge in [-0.15, -0.1) is 0 Å². The van der Waals surface area contributed by atoms with E-state index in [1.165, 1.54) is 32.2 Å². The van der Waals surface area contributed by atoms with Gasteiger partial charge in [0.2, 0.25) is 0 Å². The van der Waals surface area contributed by atoms with Crippen LogP contribution in [0, 0.1) is 12.7 Å². The Morgan fingerprint density at radius 3 is 2.48 bits per heavy atom. The van der Waals surface area contributed by atoms with E-state index in [9.17, 15) is 14.0 Å². The number of benzene rings is 2. The summed E-state index contributed by atoms with van der Waals surface area (Å²) >= 11 is 0. The van der Waals surface area contributed by atoms with Crippen molar-refractivity contribution >= 4 is 11.8 Å². The molecule has 132 valence electrons. The number of methoxy groups -OCH3 is 1. The van der Waals surface area contributed by atoms with Crippen LogP contribution in [0.1, 0.15) is 22.8 Å². The number of para-hydroxylation sites is 1. The fourth-order valence-electron chi connectivity index (χ4n) is 2.07. The van der Waals surface area contributed by atoms with Gasteiger partial charge in [0.15, 0.2) is 17.7 Å². The Morgan fingerprint density at radius 2 is 1.80 bits per heavy atom. The normalized spacial score (nSPS) is 11.4. The van der Waals surface area contributed by atoms with Gasteiger partial charge in [0.25, 0.3) is 11.8 Å². The van der Waals surface area contributed by atoms with E-state index in [4.69, 9.17) is 9.47 Å². The molecule has 2 N–H and O–H groups in total. The summed E-state index contributed by atoms with van der Waals surface area (Å²) < 4.78 is 23.9. The number of carbonyl (C=O) groups excluding carboxylic acids is 2. The Morgan fingerprint density at radius 1 is 1.08 bits per heavy atom. The molecule has 1 atom stereocenters. The van der Waals surface area contributed by atoms with E-state index in [0.717, 1.165) is 5.56 Å². The van der Waals surface area contributed by atoms with Gasteiger partial charge < -0.3 is 9.47 Å². The topological polar surface area (TPSA) is 76.7 Å². The van der Waals surface area contributed by atoms with E-state index in [-0.39, 0.29) is 11.3 Å². The number of hydrazine groups is 1. The van der Waals surface area contributed by atoms with E-state index in [2.05, 4.69) is 10.9 Å². The zero-order valence-corrected chi connectivity index (χ0v) is 14.1. The molecule has 0 heterocycles. The monoisotopic (exact) mass is 346 g/mol. The largest absolute Gasteiger partial charge is 0.496 e. The minimum absolute atomic E-state index is 0.0446. The third-order valence-electron chi connectivity index (χ3n) is 3.41. The molecular formula is C18H19FN2O4. The standard InChI is InChI=1S/C18H19FN2O4/c1-11-8-9-15(24-3)13(10-11)18(23)21-20-17(22)12(2)25-16-7-5-4-6-14(16)19/h4-10,12H,1-3H3,(H,20,22)(H,21,23)/t12-/m0/s1. The lowest BCUT2D eigenvalue weighted by Crippen LogP contribution is -2.47. The number of amides is 2. The molecule has 6 nitrogen and oxygen atoms in total. The Balaban J connectivity index is 1.96. The van der Waals surface area contributed by atoms with Gasteiger partial charge in [-0.3, -0.25) is 20.4 Å². The van der Waals surface area contributed by atoms with Crippen molar-refractivity contribution in [1.82, 2.24) is 10.9 Å². The average Bonchev–Trinajstić information content (AvgIpc) is 2.61. The van der Waals surface area contributed by atoms with Crippen molar-refractivity contribution in [3.63, 3.8) is 0 Å². The molecule has 0 bridgehead atoms. The van der Waals surface area contributed by atoms with E-state index in [0.29, 0.717) is 5.75 Å². The SMILES string of the molecule is COc1ccc(C)cc1C(=O)NNC(=O)[C@H](C)Oc1ccccc1F. The summed E-state index contributed by atoms with van der Waals surface area (Å²) in [6.45, 7) is 3.28. The van der Waals surface area contributed by atoms with E-state index < -0.39 is 23.7 Å². The van der Waals surface area contributed by atoms with Crippen LogP contribution in [-0.4, -0.2) is 25.0 Å². The quantitative estimate of drug-likeness (QED) is 0.815. The Hall–Kier alpha value is -3.09. The molecule has 0 aliphatic carbocycles. The molecule has 0 radical (unpaired) electrons. The molecule has 2 rings (SSSR count). The van der Waals surface area contributed by atoms with Crippen molar-refractivity contribution in [2.45, 2.75) is 20.0 Å². The zero-order valence-electron chi connectivity index (χ0n) is 14.1. The fourth-order valence-corrected chi connectivity index (χ4v) is 2.07. The van der Waals surface area contributed by atoms with Crippen molar-refractivity contribution in [3.8, 4) is 11.5 Å². The number of carbonyl (C=O) groups is 2. The first-order valence-electron chi connectivity index (χ1n) is 7.58. The van der Waals surface area contributed by atoms with E-state index >= 15 is 0 Å². The zero-order chi connectivity index (χ0) is 18.4. The molecule has 0 unspecified atom stereocenters. The molecule has 0 spiro atoms. The molecular weight excluding hydrogens is 327 g/mol. The van der Waals surface area contributed by atoms with Crippen LogP contribution >= 0.6 is 0 Å². The van der Waals surface area contributed by atoms with Gasteiger partial charge in [-0.05, 0) is 38.1 Å². The average molecular weight is 346 g/mol. The lowest BCUT2D eigenvalue weighted by atomic mass is 10.1. The summed E-state index contributed by atoms with van der Waals surface area (Å²) in [5.74, 6) is -1.39. The summed E-state index contributed by atoms with van der Waals surface area (Å²) in [5, 5.41) is 0. The molecule has 0 saturated carbocycles.